The summed E-state index contributed by atoms with van der Waals surface area (Å²) in [6.07, 6.45) is 7.32. The minimum atomic E-state index is 0.991. The number of fused-ring (bicyclic) bond motifs is 2. The average molecular weight is 413 g/mol. The lowest BCUT2D eigenvalue weighted by Gasteiger charge is -1.83. The molecule has 130 valence electrons. The SMILES string of the molecule is C1=NC2=CC=NC2=C1.c1cc2sccc2s1.c1ccsc1.c1ccsc1. The minimum Gasteiger partial charge on any atom is -0.254 e. The summed E-state index contributed by atoms with van der Waals surface area (Å²) >= 11 is 7.03. The molecule has 6 heteroatoms. The first kappa shape index (κ1) is 18.7. The van der Waals surface area contributed by atoms with Crippen molar-refractivity contribution in [3.05, 3.63) is 92.2 Å². The third-order valence-electron chi connectivity index (χ3n) is 3.08. The molecule has 0 amide bonds. The van der Waals surface area contributed by atoms with Crippen molar-refractivity contribution >= 4 is 67.2 Å². The molecule has 0 unspecified atom stereocenters. The molecule has 0 saturated heterocycles. The fraction of sp³-hybridized carbons (Fsp3) is 0. The highest BCUT2D eigenvalue weighted by Crippen LogP contribution is 2.25. The van der Waals surface area contributed by atoms with Gasteiger partial charge in [-0.15, -0.1) is 22.7 Å². The first-order valence-electron chi connectivity index (χ1n) is 7.77. The molecule has 2 aliphatic rings. The van der Waals surface area contributed by atoms with Crippen LogP contribution in [0.15, 0.2) is 102 Å². The zero-order valence-corrected chi connectivity index (χ0v) is 17.0. The first-order valence-corrected chi connectivity index (χ1v) is 11.4. The van der Waals surface area contributed by atoms with Gasteiger partial charge >= 0.3 is 0 Å². The van der Waals surface area contributed by atoms with Crippen LogP contribution in [0.5, 0.6) is 0 Å². The zero-order chi connectivity index (χ0) is 17.9. The Bertz CT molecular complexity index is 846. The third kappa shape index (κ3) is 6.00. The number of aliphatic imine (C=N–C) groups is 2. The zero-order valence-electron chi connectivity index (χ0n) is 13.8. The summed E-state index contributed by atoms with van der Waals surface area (Å²) in [5, 5.41) is 12.4. The number of allylic oxidation sites excluding steroid dienone is 2. The van der Waals surface area contributed by atoms with Crippen molar-refractivity contribution in [3.63, 3.8) is 0 Å². The van der Waals surface area contributed by atoms with Crippen LogP contribution in [-0.2, 0) is 0 Å². The van der Waals surface area contributed by atoms with E-state index < -0.39 is 0 Å². The van der Waals surface area contributed by atoms with E-state index in [1.54, 1.807) is 57.8 Å². The maximum absolute atomic E-state index is 4.02. The standard InChI is InChI=1S/C6H4N2.C6H4S2.2C4H4S/c2*1-3-7-6-2-4-8-5(1)6;2*1-2-4-5-3-1/h2*1-4H;2*1-4H. The van der Waals surface area contributed by atoms with Gasteiger partial charge in [0.25, 0.3) is 0 Å². The highest BCUT2D eigenvalue weighted by molar-refractivity contribution is 7.25. The lowest BCUT2D eigenvalue weighted by atomic mass is 10.4. The third-order valence-corrected chi connectivity index (χ3v) is 6.23. The summed E-state index contributed by atoms with van der Waals surface area (Å²) in [5.41, 5.74) is 1.98. The molecule has 4 aromatic rings. The van der Waals surface area contributed by atoms with Gasteiger partial charge in [-0.3, -0.25) is 9.98 Å². The van der Waals surface area contributed by atoms with Gasteiger partial charge in [-0.05, 0) is 56.6 Å². The Morgan fingerprint density at radius 3 is 1.31 bits per heavy atom. The number of hydrogen-bond acceptors (Lipinski definition) is 6. The van der Waals surface area contributed by atoms with Crippen molar-refractivity contribution in [1.29, 1.82) is 0 Å². The van der Waals surface area contributed by atoms with Crippen LogP contribution in [0.25, 0.3) is 9.40 Å². The van der Waals surface area contributed by atoms with Crippen molar-refractivity contribution in [2.45, 2.75) is 0 Å². The van der Waals surface area contributed by atoms with Crippen LogP contribution < -0.4 is 0 Å². The monoisotopic (exact) mass is 412 g/mol. The Kier molecular flexibility index (Phi) is 7.74. The molecular weight excluding hydrogens is 397 g/mol. The minimum absolute atomic E-state index is 0.991. The topological polar surface area (TPSA) is 24.7 Å². The Morgan fingerprint density at radius 1 is 0.538 bits per heavy atom. The summed E-state index contributed by atoms with van der Waals surface area (Å²) in [7, 11) is 0. The molecule has 0 aromatic carbocycles. The Morgan fingerprint density at radius 2 is 0.962 bits per heavy atom. The van der Waals surface area contributed by atoms with Crippen molar-refractivity contribution in [2.24, 2.45) is 9.98 Å². The van der Waals surface area contributed by atoms with Gasteiger partial charge in [0.2, 0.25) is 0 Å². The van der Waals surface area contributed by atoms with Crippen LogP contribution in [0.4, 0.5) is 0 Å². The summed E-state index contributed by atoms with van der Waals surface area (Å²) in [4.78, 5) is 8.03. The van der Waals surface area contributed by atoms with E-state index in [-0.39, 0.29) is 0 Å². The van der Waals surface area contributed by atoms with E-state index in [0.717, 1.165) is 11.4 Å². The molecule has 6 rings (SSSR count). The van der Waals surface area contributed by atoms with Gasteiger partial charge in [-0.2, -0.15) is 22.7 Å². The van der Waals surface area contributed by atoms with Crippen LogP contribution in [0.3, 0.4) is 0 Å². The molecule has 26 heavy (non-hydrogen) atoms. The van der Waals surface area contributed by atoms with Gasteiger partial charge in [0, 0.05) is 21.8 Å². The molecule has 0 spiro atoms. The van der Waals surface area contributed by atoms with E-state index in [2.05, 4.69) is 32.9 Å². The number of rotatable bonds is 0. The number of thiophene rings is 4. The first-order chi connectivity index (χ1) is 12.9. The Balaban J connectivity index is 0.000000103. The van der Waals surface area contributed by atoms with Crippen molar-refractivity contribution < 1.29 is 0 Å². The summed E-state index contributed by atoms with van der Waals surface area (Å²) in [6.45, 7) is 0. The van der Waals surface area contributed by atoms with E-state index >= 15 is 0 Å². The molecule has 0 atom stereocenters. The predicted molar refractivity (Wildman–Crippen MR) is 121 cm³/mol. The van der Waals surface area contributed by atoms with Gasteiger partial charge in [0.15, 0.2) is 0 Å². The van der Waals surface area contributed by atoms with E-state index in [1.807, 2.05) is 57.9 Å². The molecule has 0 radical (unpaired) electrons. The van der Waals surface area contributed by atoms with E-state index in [9.17, 15) is 0 Å². The summed E-state index contributed by atoms with van der Waals surface area (Å²) in [5.74, 6) is 0. The van der Waals surface area contributed by atoms with E-state index in [0.29, 0.717) is 0 Å². The fourth-order valence-corrected chi connectivity index (χ4v) is 4.65. The molecule has 0 N–H and O–H groups in total. The number of nitrogens with zero attached hydrogens (tertiary/aromatic N) is 2. The average Bonchev–Trinajstić information content (AvgIpc) is 3.52. The maximum atomic E-state index is 4.02. The highest BCUT2D eigenvalue weighted by Gasteiger charge is 2.07. The highest BCUT2D eigenvalue weighted by atomic mass is 32.1. The molecular formula is C20H16N2S4. The van der Waals surface area contributed by atoms with Gasteiger partial charge < -0.3 is 0 Å². The molecule has 4 aromatic heterocycles. The molecule has 0 fully saturated rings. The lowest BCUT2D eigenvalue weighted by Crippen LogP contribution is -1.66. The van der Waals surface area contributed by atoms with Crippen molar-refractivity contribution in [2.75, 3.05) is 0 Å². The molecule has 6 heterocycles. The second-order valence-corrected chi connectivity index (χ2v) is 8.34. The van der Waals surface area contributed by atoms with Gasteiger partial charge in [0.1, 0.15) is 0 Å². The molecule has 2 aliphatic heterocycles. The number of hydrogen-bond donors (Lipinski definition) is 0. The van der Waals surface area contributed by atoms with E-state index in [1.165, 1.54) is 9.40 Å². The summed E-state index contributed by atoms with van der Waals surface area (Å²) < 4.78 is 2.82. The quantitative estimate of drug-likeness (QED) is 0.288. The molecule has 0 saturated carbocycles. The molecule has 2 nitrogen and oxygen atoms in total. The second kappa shape index (κ2) is 10.8. The summed E-state index contributed by atoms with van der Waals surface area (Å²) in [6, 6.07) is 12.4. The van der Waals surface area contributed by atoms with Gasteiger partial charge in [-0.1, -0.05) is 24.3 Å². The fourth-order valence-electron chi connectivity index (χ4n) is 1.92. The van der Waals surface area contributed by atoms with E-state index in [4.69, 9.17) is 0 Å². The van der Waals surface area contributed by atoms with Crippen LogP contribution in [0.2, 0.25) is 0 Å². The van der Waals surface area contributed by atoms with Crippen LogP contribution in [0.1, 0.15) is 0 Å². The van der Waals surface area contributed by atoms with Crippen LogP contribution in [0, 0.1) is 0 Å². The Labute approximate surface area is 168 Å². The maximum Gasteiger partial charge on any atom is 0.0901 e. The Hall–Kier alpha value is -2.12. The molecule has 0 bridgehead atoms. The predicted octanol–water partition coefficient (Wildman–Crippen LogP) is 7.38. The molecule has 0 aliphatic carbocycles. The normalized spacial score (nSPS) is 12.8. The lowest BCUT2D eigenvalue weighted by molar-refractivity contribution is 1.33. The largest absolute Gasteiger partial charge is 0.254 e. The van der Waals surface area contributed by atoms with Crippen LogP contribution in [-0.4, -0.2) is 12.4 Å². The van der Waals surface area contributed by atoms with Crippen molar-refractivity contribution in [1.82, 2.24) is 0 Å². The smallest absolute Gasteiger partial charge is 0.0901 e. The second-order valence-electron chi connectivity index (χ2n) is 4.82. The van der Waals surface area contributed by atoms with Crippen LogP contribution >= 0.6 is 45.3 Å². The van der Waals surface area contributed by atoms with Crippen molar-refractivity contribution in [3.8, 4) is 0 Å². The van der Waals surface area contributed by atoms with Gasteiger partial charge in [-0.25, -0.2) is 0 Å². The van der Waals surface area contributed by atoms with Gasteiger partial charge in [0.05, 0.1) is 11.4 Å².